The van der Waals surface area contributed by atoms with E-state index in [0.29, 0.717) is 5.84 Å². The van der Waals surface area contributed by atoms with Crippen LogP contribution in [0.2, 0.25) is 0 Å². The van der Waals surface area contributed by atoms with Crippen molar-refractivity contribution in [2.45, 2.75) is 6.17 Å². The van der Waals surface area contributed by atoms with Gasteiger partial charge < -0.3 is 9.47 Å². The highest BCUT2D eigenvalue weighted by Crippen LogP contribution is 2.42. The Morgan fingerprint density at radius 3 is 2.02 bits per heavy atom. The molecule has 1 aliphatic heterocycles. The Hall–Kier alpha value is -7.08. The van der Waals surface area contributed by atoms with E-state index in [1.54, 1.807) is 0 Å². The van der Waals surface area contributed by atoms with Gasteiger partial charge in [-0.3, -0.25) is 0 Å². The van der Waals surface area contributed by atoms with Crippen molar-refractivity contribution in [1.82, 2.24) is 9.47 Å². The maximum atomic E-state index is 5.35. The minimum absolute atomic E-state index is 0.245. The molecule has 57 heavy (non-hydrogen) atoms. The van der Waals surface area contributed by atoms with E-state index >= 15 is 0 Å². The SMILES string of the molecule is CN1C(c2cccc(-c3ccccc3)c2)=NC(c2cccc(-n3c4ccccc4c4ccc(-c5cccc6c5sc5ccccc56)cc43)c2)=NC1c1ccccc1. The third-order valence-electron chi connectivity index (χ3n) is 11.2. The number of fused-ring (bicyclic) bond motifs is 6. The molecule has 1 atom stereocenters. The van der Waals surface area contributed by atoms with Crippen LogP contribution in [0.15, 0.2) is 204 Å². The number of nitrogens with zero attached hydrogens (tertiary/aromatic N) is 4. The van der Waals surface area contributed by atoms with E-state index < -0.39 is 0 Å². The minimum Gasteiger partial charge on any atom is -0.333 e. The van der Waals surface area contributed by atoms with Gasteiger partial charge in [-0.1, -0.05) is 158 Å². The first-order chi connectivity index (χ1) is 28.2. The summed E-state index contributed by atoms with van der Waals surface area (Å²) < 4.78 is 5.04. The summed E-state index contributed by atoms with van der Waals surface area (Å²) in [5.74, 6) is 1.59. The zero-order chi connectivity index (χ0) is 37.9. The van der Waals surface area contributed by atoms with Crippen molar-refractivity contribution < 1.29 is 0 Å². The fourth-order valence-corrected chi connectivity index (χ4v) is 9.74. The van der Waals surface area contributed by atoms with Crippen LogP contribution in [-0.4, -0.2) is 28.2 Å². The van der Waals surface area contributed by atoms with Crippen molar-refractivity contribution in [3.05, 3.63) is 211 Å². The topological polar surface area (TPSA) is 32.9 Å². The summed E-state index contributed by atoms with van der Waals surface area (Å²) in [5, 5.41) is 5.07. The fourth-order valence-electron chi connectivity index (χ4n) is 8.50. The van der Waals surface area contributed by atoms with E-state index in [2.05, 4.69) is 211 Å². The van der Waals surface area contributed by atoms with Gasteiger partial charge in [-0.25, -0.2) is 9.98 Å². The van der Waals surface area contributed by atoms with Gasteiger partial charge in [0.2, 0.25) is 0 Å². The molecule has 0 saturated carbocycles. The normalized spacial score (nSPS) is 14.4. The van der Waals surface area contributed by atoms with Crippen LogP contribution in [0, 0.1) is 0 Å². The molecular weight excluding hydrogens is 713 g/mol. The molecule has 0 saturated heterocycles. The van der Waals surface area contributed by atoms with Gasteiger partial charge in [0, 0.05) is 54.8 Å². The summed E-state index contributed by atoms with van der Waals surface area (Å²) in [6.45, 7) is 0. The van der Waals surface area contributed by atoms with E-state index in [9.17, 15) is 0 Å². The highest BCUT2D eigenvalue weighted by molar-refractivity contribution is 7.26. The number of hydrogen-bond donors (Lipinski definition) is 0. The molecule has 270 valence electrons. The monoisotopic (exact) mass is 748 g/mol. The molecule has 10 aromatic rings. The fraction of sp³-hybridized carbons (Fsp3) is 0.0385. The van der Waals surface area contributed by atoms with Gasteiger partial charge >= 0.3 is 0 Å². The van der Waals surface area contributed by atoms with Crippen molar-refractivity contribution in [2.75, 3.05) is 7.05 Å². The molecule has 8 aromatic carbocycles. The molecule has 0 fully saturated rings. The molecule has 0 radical (unpaired) electrons. The third-order valence-corrected chi connectivity index (χ3v) is 12.5. The molecule has 0 amide bonds. The predicted molar refractivity (Wildman–Crippen MR) is 241 cm³/mol. The summed E-state index contributed by atoms with van der Waals surface area (Å²) in [7, 11) is 2.09. The molecule has 1 unspecified atom stereocenters. The summed E-state index contributed by atoms with van der Waals surface area (Å²) in [5.41, 5.74) is 11.3. The minimum atomic E-state index is -0.245. The number of benzene rings is 8. The largest absolute Gasteiger partial charge is 0.333 e. The lowest BCUT2D eigenvalue weighted by atomic mass is 10.0. The number of aromatic nitrogens is 1. The van der Waals surface area contributed by atoms with E-state index in [0.717, 1.165) is 39.3 Å². The van der Waals surface area contributed by atoms with Gasteiger partial charge in [0.15, 0.2) is 5.84 Å². The van der Waals surface area contributed by atoms with Crippen LogP contribution in [0.3, 0.4) is 0 Å². The zero-order valence-corrected chi connectivity index (χ0v) is 32.1. The average Bonchev–Trinajstić information content (AvgIpc) is 3.83. The van der Waals surface area contributed by atoms with Crippen LogP contribution in [0.25, 0.3) is 69.9 Å². The van der Waals surface area contributed by atoms with Gasteiger partial charge in [0.1, 0.15) is 12.0 Å². The standard InChI is InChI=1S/C52H36N4S/c1-55-51(35-17-6-3-7-18-35)53-50(54-52(55)39-21-12-19-36(31-39)34-15-4-2-5-16-34)38-20-13-22-40(32-38)56-46-27-10-8-23-42(46)43-30-29-37(33-47(43)56)41-25-14-26-45-44-24-9-11-28-48(44)57-49(41)45/h2-33,51H,1H3. The molecule has 3 heterocycles. The smallest absolute Gasteiger partial charge is 0.159 e. The molecule has 4 nitrogen and oxygen atoms in total. The molecule has 11 rings (SSSR count). The second kappa shape index (κ2) is 13.6. The number of rotatable bonds is 6. The lowest BCUT2D eigenvalue weighted by Crippen LogP contribution is -2.35. The molecule has 0 N–H and O–H groups in total. The van der Waals surface area contributed by atoms with Crippen LogP contribution in [-0.2, 0) is 0 Å². The van der Waals surface area contributed by atoms with Gasteiger partial charge in [-0.05, 0) is 64.2 Å². The van der Waals surface area contributed by atoms with Crippen molar-refractivity contribution in [1.29, 1.82) is 0 Å². The Labute approximate surface area is 335 Å². The summed E-state index contributed by atoms with van der Waals surface area (Å²) >= 11 is 1.87. The molecule has 0 aliphatic carbocycles. The van der Waals surface area contributed by atoms with Crippen molar-refractivity contribution in [3.8, 4) is 27.9 Å². The van der Waals surface area contributed by atoms with Crippen LogP contribution in [0.5, 0.6) is 0 Å². The molecule has 1 aliphatic rings. The molecular formula is C52H36N4S. The van der Waals surface area contributed by atoms with E-state index in [1.165, 1.54) is 53.2 Å². The Balaban J connectivity index is 1.07. The summed E-state index contributed by atoms with van der Waals surface area (Å²) in [4.78, 5) is 12.9. The molecule has 5 heteroatoms. The van der Waals surface area contributed by atoms with Crippen LogP contribution in [0.4, 0.5) is 0 Å². The van der Waals surface area contributed by atoms with Gasteiger partial charge in [0.25, 0.3) is 0 Å². The predicted octanol–water partition coefficient (Wildman–Crippen LogP) is 13.3. The summed E-state index contributed by atoms with van der Waals surface area (Å²) in [6.07, 6.45) is -0.245. The molecule has 2 aromatic heterocycles. The van der Waals surface area contributed by atoms with Crippen molar-refractivity contribution in [2.24, 2.45) is 9.98 Å². The van der Waals surface area contributed by atoms with Gasteiger partial charge in [-0.15, -0.1) is 11.3 Å². The quantitative estimate of drug-likeness (QED) is 0.167. The summed E-state index contributed by atoms with van der Waals surface area (Å²) in [6, 6.07) is 69.5. The number of para-hydroxylation sites is 1. The maximum absolute atomic E-state index is 5.35. The van der Waals surface area contributed by atoms with E-state index in [-0.39, 0.29) is 6.17 Å². The lowest BCUT2D eigenvalue weighted by Gasteiger charge is -2.32. The first-order valence-corrected chi connectivity index (χ1v) is 20.1. The van der Waals surface area contributed by atoms with Crippen molar-refractivity contribution in [3.63, 3.8) is 0 Å². The molecule has 0 bridgehead atoms. The van der Waals surface area contributed by atoms with Crippen LogP contribution < -0.4 is 0 Å². The second-order valence-electron chi connectivity index (χ2n) is 14.6. The first kappa shape index (κ1) is 33.3. The third kappa shape index (κ3) is 5.66. The number of hydrogen-bond acceptors (Lipinski definition) is 4. The highest BCUT2D eigenvalue weighted by atomic mass is 32.1. The van der Waals surface area contributed by atoms with E-state index in [4.69, 9.17) is 9.98 Å². The maximum Gasteiger partial charge on any atom is 0.159 e. The average molecular weight is 749 g/mol. The Kier molecular flexibility index (Phi) is 7.93. The Morgan fingerprint density at radius 1 is 0.474 bits per heavy atom. The number of aliphatic imine (C=N–C) groups is 2. The van der Waals surface area contributed by atoms with E-state index in [1.807, 2.05) is 11.3 Å². The molecule has 0 spiro atoms. The highest BCUT2D eigenvalue weighted by Gasteiger charge is 2.27. The second-order valence-corrected chi connectivity index (χ2v) is 15.7. The lowest BCUT2D eigenvalue weighted by molar-refractivity contribution is 0.383. The Bertz CT molecular complexity index is 3210. The van der Waals surface area contributed by atoms with Gasteiger partial charge in [-0.2, -0.15) is 0 Å². The van der Waals surface area contributed by atoms with Crippen LogP contribution in [0.1, 0.15) is 22.9 Å². The number of thiophene rings is 1. The Morgan fingerprint density at radius 2 is 1.14 bits per heavy atom. The van der Waals surface area contributed by atoms with Crippen LogP contribution >= 0.6 is 11.3 Å². The zero-order valence-electron chi connectivity index (χ0n) is 31.2. The van der Waals surface area contributed by atoms with Crippen molar-refractivity contribution >= 4 is 65.0 Å². The number of amidine groups is 2. The first-order valence-electron chi connectivity index (χ1n) is 19.3. The van der Waals surface area contributed by atoms with Gasteiger partial charge in [0.05, 0.1) is 11.0 Å².